The minimum Gasteiger partial charge on any atom is -0.493 e. The van der Waals surface area contributed by atoms with Crippen molar-refractivity contribution in [2.24, 2.45) is 0 Å². The minimum atomic E-state index is -0.495. The molecule has 2 N–H and O–H groups in total. The number of carbonyl (C=O) groups excluding carboxylic acids is 2. The number of halogens is 1. The van der Waals surface area contributed by atoms with Crippen molar-refractivity contribution in [1.29, 1.82) is 0 Å². The Morgan fingerprint density at radius 3 is 1.97 bits per heavy atom. The van der Waals surface area contributed by atoms with Gasteiger partial charge in [0.15, 0.2) is 17.3 Å². The van der Waals surface area contributed by atoms with E-state index < -0.39 is 5.82 Å². The molecule has 0 spiro atoms. The monoisotopic (exact) mass is 430 g/mol. The van der Waals surface area contributed by atoms with Gasteiger partial charge in [-0.2, -0.15) is 0 Å². The van der Waals surface area contributed by atoms with Gasteiger partial charge in [0.2, 0.25) is 11.8 Å². The maximum atomic E-state index is 14.0. The number of hydrogen-bond donors (Lipinski definition) is 2. The molecule has 0 bridgehead atoms. The molecule has 0 aromatic heterocycles. The Hall–Kier alpha value is -3.09. The summed E-state index contributed by atoms with van der Waals surface area (Å²) in [5.74, 6) is -0.173. The van der Waals surface area contributed by atoms with Crippen LogP contribution in [0.1, 0.15) is 36.8 Å². The molecular weight excluding hydrogens is 399 g/mol. The highest BCUT2D eigenvalue weighted by Crippen LogP contribution is 2.31. The molecule has 2 amide bonds. The fourth-order valence-electron chi connectivity index (χ4n) is 3.20. The van der Waals surface area contributed by atoms with Gasteiger partial charge in [-0.3, -0.25) is 9.59 Å². The Kier molecular flexibility index (Phi) is 10.3. The summed E-state index contributed by atoms with van der Waals surface area (Å²) in [5, 5.41) is 5.73. The number of hydrogen-bond acceptors (Lipinski definition) is 4. The molecule has 0 unspecified atom stereocenters. The number of ether oxygens (including phenoxy) is 2. The summed E-state index contributed by atoms with van der Waals surface area (Å²) >= 11 is 0. The Morgan fingerprint density at radius 2 is 1.42 bits per heavy atom. The zero-order chi connectivity index (χ0) is 22.5. The molecule has 0 aliphatic heterocycles. The summed E-state index contributed by atoms with van der Waals surface area (Å²) in [7, 11) is 2.83. The average molecular weight is 431 g/mol. The van der Waals surface area contributed by atoms with E-state index in [1.54, 1.807) is 6.07 Å². The summed E-state index contributed by atoms with van der Waals surface area (Å²) in [4.78, 5) is 23.8. The topological polar surface area (TPSA) is 76.7 Å². The molecule has 0 aliphatic carbocycles. The molecule has 0 atom stereocenters. The Labute approximate surface area is 183 Å². The van der Waals surface area contributed by atoms with Crippen molar-refractivity contribution in [2.75, 3.05) is 27.3 Å². The van der Waals surface area contributed by atoms with Crippen LogP contribution in [0.5, 0.6) is 11.5 Å². The van der Waals surface area contributed by atoms with E-state index in [0.29, 0.717) is 56.5 Å². The lowest BCUT2D eigenvalue weighted by Gasteiger charge is -2.11. The van der Waals surface area contributed by atoms with Crippen molar-refractivity contribution in [1.82, 2.24) is 10.6 Å². The molecule has 0 radical (unpaired) electrons. The number of unbranched alkanes of at least 4 members (excludes halogenated alkanes) is 1. The molecule has 2 aromatic carbocycles. The lowest BCUT2D eigenvalue weighted by Crippen LogP contribution is -2.26. The highest BCUT2D eigenvalue weighted by atomic mass is 19.1. The van der Waals surface area contributed by atoms with Crippen LogP contribution in [-0.2, 0) is 22.4 Å². The SMILES string of the molecule is COc1cc(CCNC(=O)CCCCC(=O)NCCc2ccccc2)cc(F)c1OC. The van der Waals surface area contributed by atoms with Crippen LogP contribution in [0.15, 0.2) is 42.5 Å². The van der Waals surface area contributed by atoms with Gasteiger partial charge >= 0.3 is 0 Å². The van der Waals surface area contributed by atoms with E-state index in [1.165, 1.54) is 25.8 Å². The van der Waals surface area contributed by atoms with Gasteiger partial charge in [0.1, 0.15) is 0 Å². The fraction of sp³-hybridized carbons (Fsp3) is 0.417. The largest absolute Gasteiger partial charge is 0.493 e. The molecule has 0 saturated heterocycles. The second kappa shape index (κ2) is 13.3. The Balaban J connectivity index is 1.57. The molecule has 0 heterocycles. The van der Waals surface area contributed by atoms with E-state index in [1.807, 2.05) is 30.3 Å². The summed E-state index contributed by atoms with van der Waals surface area (Å²) in [6.07, 6.45) is 3.35. The van der Waals surface area contributed by atoms with E-state index in [-0.39, 0.29) is 17.6 Å². The number of amides is 2. The van der Waals surface area contributed by atoms with Crippen LogP contribution < -0.4 is 20.1 Å². The quantitative estimate of drug-likeness (QED) is 0.478. The average Bonchev–Trinajstić information content (AvgIpc) is 2.77. The molecule has 168 valence electrons. The highest BCUT2D eigenvalue weighted by Gasteiger charge is 2.12. The van der Waals surface area contributed by atoms with E-state index >= 15 is 0 Å². The molecule has 7 heteroatoms. The van der Waals surface area contributed by atoms with Crippen LogP contribution in [0.2, 0.25) is 0 Å². The normalized spacial score (nSPS) is 10.4. The second-order valence-corrected chi connectivity index (χ2v) is 7.21. The number of nitrogens with one attached hydrogen (secondary N) is 2. The predicted molar refractivity (Wildman–Crippen MR) is 118 cm³/mol. The number of rotatable bonds is 13. The van der Waals surface area contributed by atoms with Crippen LogP contribution in [0.4, 0.5) is 4.39 Å². The van der Waals surface area contributed by atoms with Crippen LogP contribution >= 0.6 is 0 Å². The van der Waals surface area contributed by atoms with Gasteiger partial charge in [-0.15, -0.1) is 0 Å². The first-order valence-electron chi connectivity index (χ1n) is 10.5. The standard InChI is InChI=1S/C24H31FN2O4/c1-30-21-17-19(16-20(25)24(21)31-2)13-15-27-23(29)11-7-6-10-22(28)26-14-12-18-8-4-3-5-9-18/h3-5,8-9,16-17H,6-7,10-15H2,1-2H3,(H,26,28)(H,27,29). The second-order valence-electron chi connectivity index (χ2n) is 7.21. The molecule has 6 nitrogen and oxygen atoms in total. The lowest BCUT2D eigenvalue weighted by molar-refractivity contribution is -0.123. The zero-order valence-corrected chi connectivity index (χ0v) is 18.2. The van der Waals surface area contributed by atoms with Crippen molar-refractivity contribution < 1.29 is 23.5 Å². The van der Waals surface area contributed by atoms with Gasteiger partial charge in [0.05, 0.1) is 14.2 Å². The first kappa shape index (κ1) is 24.2. The maximum absolute atomic E-state index is 14.0. The molecule has 2 aromatic rings. The first-order chi connectivity index (χ1) is 15.0. The molecule has 0 aliphatic rings. The summed E-state index contributed by atoms with van der Waals surface area (Å²) in [6.45, 7) is 1.01. The van der Waals surface area contributed by atoms with Crippen molar-refractivity contribution in [3.8, 4) is 11.5 Å². The van der Waals surface area contributed by atoms with Gasteiger partial charge in [-0.25, -0.2) is 4.39 Å². The third-order valence-electron chi connectivity index (χ3n) is 4.87. The van der Waals surface area contributed by atoms with E-state index in [2.05, 4.69) is 10.6 Å². The van der Waals surface area contributed by atoms with Crippen LogP contribution in [0.3, 0.4) is 0 Å². The van der Waals surface area contributed by atoms with Gasteiger partial charge in [0, 0.05) is 25.9 Å². The molecule has 2 rings (SSSR count). The van der Waals surface area contributed by atoms with E-state index in [9.17, 15) is 14.0 Å². The van der Waals surface area contributed by atoms with Crippen LogP contribution in [-0.4, -0.2) is 39.1 Å². The molecular formula is C24H31FN2O4. The molecule has 0 saturated carbocycles. The molecule has 31 heavy (non-hydrogen) atoms. The van der Waals surface area contributed by atoms with Gasteiger partial charge < -0.3 is 20.1 Å². The summed E-state index contributed by atoms with van der Waals surface area (Å²) < 4.78 is 24.1. The van der Waals surface area contributed by atoms with Gasteiger partial charge in [-0.05, 0) is 48.9 Å². The third-order valence-corrected chi connectivity index (χ3v) is 4.87. The van der Waals surface area contributed by atoms with Crippen molar-refractivity contribution >= 4 is 11.8 Å². The Bertz CT molecular complexity index is 843. The van der Waals surface area contributed by atoms with Gasteiger partial charge in [0.25, 0.3) is 0 Å². The lowest BCUT2D eigenvalue weighted by atomic mass is 10.1. The smallest absolute Gasteiger partial charge is 0.220 e. The number of benzene rings is 2. The maximum Gasteiger partial charge on any atom is 0.220 e. The number of carbonyl (C=O) groups is 2. The third kappa shape index (κ3) is 8.66. The van der Waals surface area contributed by atoms with Gasteiger partial charge in [-0.1, -0.05) is 30.3 Å². The predicted octanol–water partition coefficient (Wildman–Crippen LogP) is 3.42. The van der Waals surface area contributed by atoms with E-state index in [0.717, 1.165) is 6.42 Å². The van der Waals surface area contributed by atoms with Crippen molar-refractivity contribution in [3.63, 3.8) is 0 Å². The van der Waals surface area contributed by atoms with E-state index in [4.69, 9.17) is 9.47 Å². The van der Waals surface area contributed by atoms with Crippen LogP contribution in [0.25, 0.3) is 0 Å². The summed E-state index contributed by atoms with van der Waals surface area (Å²) in [5.41, 5.74) is 1.90. The minimum absolute atomic E-state index is 0.00631. The number of methoxy groups -OCH3 is 2. The van der Waals surface area contributed by atoms with Crippen molar-refractivity contribution in [3.05, 3.63) is 59.4 Å². The summed E-state index contributed by atoms with van der Waals surface area (Å²) in [6, 6.07) is 13.1. The fourth-order valence-corrected chi connectivity index (χ4v) is 3.20. The highest BCUT2D eigenvalue weighted by molar-refractivity contribution is 5.77. The molecule has 0 fully saturated rings. The first-order valence-corrected chi connectivity index (χ1v) is 10.5. The van der Waals surface area contributed by atoms with Crippen LogP contribution in [0, 0.1) is 5.82 Å². The Morgan fingerprint density at radius 1 is 0.839 bits per heavy atom. The van der Waals surface area contributed by atoms with Crippen molar-refractivity contribution in [2.45, 2.75) is 38.5 Å². The zero-order valence-electron chi connectivity index (χ0n) is 18.2.